The molecule has 146 valence electrons. The summed E-state index contributed by atoms with van der Waals surface area (Å²) in [5.41, 5.74) is 7.00. The van der Waals surface area contributed by atoms with Crippen LogP contribution in [0.1, 0.15) is 59.8 Å². The Labute approximate surface area is 161 Å². The molecule has 2 aromatic rings. The van der Waals surface area contributed by atoms with E-state index < -0.39 is 18.3 Å². The maximum Gasteiger partial charge on any atom is 0.496 e. The van der Waals surface area contributed by atoms with Crippen molar-refractivity contribution >= 4 is 18.4 Å². The highest BCUT2D eigenvalue weighted by molar-refractivity contribution is 6.62. The second kappa shape index (κ2) is 7.17. The Morgan fingerprint density at radius 3 is 2.56 bits per heavy atom. The van der Waals surface area contributed by atoms with Crippen molar-refractivity contribution in [1.82, 2.24) is 14.8 Å². The summed E-state index contributed by atoms with van der Waals surface area (Å²) in [7, 11) is -0.508. The standard InChI is InChI=1S/C19H29BN4O3/c1-7-10-24-15(8-9-23-24)13(2)25-16-11-14(12-22-17(16)21)20-26-18(3,4)19(5,6)27-20/h8-9,11-13H,7,10H2,1-6H3,(H2,21,22)/t13-/m1/s1. The van der Waals surface area contributed by atoms with Gasteiger partial charge in [0.2, 0.25) is 0 Å². The molecule has 3 heterocycles. The quantitative estimate of drug-likeness (QED) is 0.785. The van der Waals surface area contributed by atoms with Crippen LogP contribution in [0.5, 0.6) is 5.75 Å². The monoisotopic (exact) mass is 372 g/mol. The van der Waals surface area contributed by atoms with E-state index >= 15 is 0 Å². The van der Waals surface area contributed by atoms with Gasteiger partial charge in [-0.05, 0) is 53.2 Å². The molecule has 0 bridgehead atoms. The van der Waals surface area contributed by atoms with E-state index in [1.807, 2.05) is 51.4 Å². The normalized spacial score (nSPS) is 19.3. The predicted octanol–water partition coefficient (Wildman–Crippen LogP) is 2.71. The molecular formula is C19H29BN4O3. The number of rotatable bonds is 6. The van der Waals surface area contributed by atoms with Gasteiger partial charge in [0.1, 0.15) is 6.10 Å². The minimum Gasteiger partial charge on any atom is -0.481 e. The number of pyridine rings is 1. The van der Waals surface area contributed by atoms with Crippen molar-refractivity contribution < 1.29 is 14.0 Å². The molecule has 0 aromatic carbocycles. The fraction of sp³-hybridized carbons (Fsp3) is 0.579. The molecule has 7 nitrogen and oxygen atoms in total. The Balaban J connectivity index is 1.81. The van der Waals surface area contributed by atoms with Crippen LogP contribution in [-0.4, -0.2) is 33.1 Å². The van der Waals surface area contributed by atoms with Crippen molar-refractivity contribution in [2.45, 2.75) is 71.8 Å². The van der Waals surface area contributed by atoms with E-state index in [0.29, 0.717) is 11.6 Å². The number of aryl methyl sites for hydroxylation is 1. The van der Waals surface area contributed by atoms with Crippen molar-refractivity contribution in [1.29, 1.82) is 0 Å². The van der Waals surface area contributed by atoms with Gasteiger partial charge in [0.25, 0.3) is 0 Å². The zero-order valence-corrected chi connectivity index (χ0v) is 17.0. The summed E-state index contributed by atoms with van der Waals surface area (Å²) in [5, 5.41) is 4.35. The van der Waals surface area contributed by atoms with Gasteiger partial charge in [0.15, 0.2) is 11.6 Å². The highest BCUT2D eigenvalue weighted by Gasteiger charge is 2.52. The van der Waals surface area contributed by atoms with Crippen LogP contribution in [0.15, 0.2) is 24.5 Å². The number of nitrogens with two attached hydrogens (primary N) is 1. The van der Waals surface area contributed by atoms with Crippen molar-refractivity contribution in [3.63, 3.8) is 0 Å². The summed E-state index contributed by atoms with van der Waals surface area (Å²) in [6.07, 6.45) is 4.25. The van der Waals surface area contributed by atoms with Gasteiger partial charge in [-0.25, -0.2) is 4.98 Å². The van der Waals surface area contributed by atoms with Gasteiger partial charge >= 0.3 is 7.12 Å². The van der Waals surface area contributed by atoms with Gasteiger partial charge in [-0.2, -0.15) is 5.10 Å². The van der Waals surface area contributed by atoms with Crippen molar-refractivity contribution in [3.8, 4) is 5.75 Å². The van der Waals surface area contributed by atoms with Crippen LogP contribution in [0.4, 0.5) is 5.82 Å². The fourth-order valence-corrected chi connectivity index (χ4v) is 3.01. The summed E-state index contributed by atoms with van der Waals surface area (Å²) in [4.78, 5) is 4.28. The first-order valence-electron chi connectivity index (χ1n) is 9.44. The number of anilines is 1. The van der Waals surface area contributed by atoms with Crippen molar-refractivity contribution in [3.05, 3.63) is 30.2 Å². The Kier molecular flexibility index (Phi) is 5.23. The fourth-order valence-electron chi connectivity index (χ4n) is 3.01. The van der Waals surface area contributed by atoms with Gasteiger partial charge in [-0.15, -0.1) is 0 Å². The van der Waals surface area contributed by atoms with Crippen LogP contribution >= 0.6 is 0 Å². The van der Waals surface area contributed by atoms with Gasteiger partial charge in [-0.1, -0.05) is 6.92 Å². The molecule has 1 fully saturated rings. The third kappa shape index (κ3) is 3.82. The molecule has 0 spiro atoms. The summed E-state index contributed by atoms with van der Waals surface area (Å²) >= 11 is 0. The molecule has 1 saturated heterocycles. The van der Waals surface area contributed by atoms with E-state index in [2.05, 4.69) is 17.0 Å². The molecule has 0 saturated carbocycles. The largest absolute Gasteiger partial charge is 0.496 e. The molecule has 0 unspecified atom stereocenters. The van der Waals surface area contributed by atoms with Crippen LogP contribution in [-0.2, 0) is 15.9 Å². The van der Waals surface area contributed by atoms with E-state index in [1.54, 1.807) is 12.4 Å². The Bertz CT molecular complexity index is 790. The molecule has 0 radical (unpaired) electrons. The Morgan fingerprint density at radius 1 is 1.26 bits per heavy atom. The molecule has 27 heavy (non-hydrogen) atoms. The lowest BCUT2D eigenvalue weighted by atomic mass is 9.80. The number of ether oxygens (including phenoxy) is 1. The van der Waals surface area contributed by atoms with Crippen LogP contribution < -0.4 is 15.9 Å². The van der Waals surface area contributed by atoms with Gasteiger partial charge in [-0.3, -0.25) is 4.68 Å². The zero-order valence-electron chi connectivity index (χ0n) is 17.0. The summed E-state index contributed by atoms with van der Waals surface area (Å²) in [6.45, 7) is 13.0. The van der Waals surface area contributed by atoms with Gasteiger partial charge in [0, 0.05) is 24.4 Å². The Morgan fingerprint density at radius 2 is 1.93 bits per heavy atom. The van der Waals surface area contributed by atoms with Crippen LogP contribution in [0.2, 0.25) is 0 Å². The lowest BCUT2D eigenvalue weighted by molar-refractivity contribution is 0.00578. The molecule has 1 aliphatic rings. The van der Waals surface area contributed by atoms with Crippen molar-refractivity contribution in [2.75, 3.05) is 5.73 Å². The number of nitrogen functional groups attached to an aromatic ring is 1. The summed E-state index contributed by atoms with van der Waals surface area (Å²) < 4.78 is 20.3. The first-order chi connectivity index (χ1) is 12.6. The minimum absolute atomic E-state index is 0.211. The number of aromatic nitrogens is 3. The third-order valence-electron chi connectivity index (χ3n) is 5.33. The second-order valence-corrected chi connectivity index (χ2v) is 7.98. The Hall–Kier alpha value is -2.06. The van der Waals surface area contributed by atoms with Crippen LogP contribution in [0.25, 0.3) is 0 Å². The molecule has 2 aromatic heterocycles. The maximum absolute atomic E-state index is 6.12. The van der Waals surface area contributed by atoms with E-state index in [0.717, 1.165) is 24.1 Å². The first-order valence-corrected chi connectivity index (χ1v) is 9.44. The van der Waals surface area contributed by atoms with Gasteiger partial charge < -0.3 is 19.8 Å². The average Bonchev–Trinajstić information content (AvgIpc) is 3.12. The zero-order chi connectivity index (χ0) is 19.8. The highest BCUT2D eigenvalue weighted by Crippen LogP contribution is 2.37. The van der Waals surface area contributed by atoms with E-state index in [4.69, 9.17) is 19.8 Å². The number of nitrogens with zero attached hydrogens (tertiary/aromatic N) is 3. The molecule has 0 aliphatic carbocycles. The van der Waals surface area contributed by atoms with E-state index in [1.165, 1.54) is 0 Å². The van der Waals surface area contributed by atoms with Gasteiger partial charge in [0.05, 0.1) is 16.9 Å². The predicted molar refractivity (Wildman–Crippen MR) is 106 cm³/mol. The topological polar surface area (TPSA) is 84.4 Å². The average molecular weight is 372 g/mol. The SMILES string of the molecule is CCCn1nccc1[C@@H](C)Oc1cc(B2OC(C)(C)C(C)(C)O2)cnc1N. The first kappa shape index (κ1) is 19.7. The molecule has 3 rings (SSSR count). The maximum atomic E-state index is 6.12. The molecule has 2 N–H and O–H groups in total. The number of hydrogen-bond acceptors (Lipinski definition) is 6. The molecule has 1 aliphatic heterocycles. The molecule has 1 atom stereocenters. The van der Waals surface area contributed by atoms with E-state index in [-0.39, 0.29) is 6.10 Å². The lowest BCUT2D eigenvalue weighted by Gasteiger charge is -2.32. The highest BCUT2D eigenvalue weighted by atomic mass is 16.7. The second-order valence-electron chi connectivity index (χ2n) is 7.98. The van der Waals surface area contributed by atoms with Crippen molar-refractivity contribution in [2.24, 2.45) is 0 Å². The molecule has 8 heteroatoms. The third-order valence-corrected chi connectivity index (χ3v) is 5.33. The molecular weight excluding hydrogens is 343 g/mol. The summed E-state index contributed by atoms with van der Waals surface area (Å²) in [5.74, 6) is 0.850. The smallest absolute Gasteiger partial charge is 0.481 e. The van der Waals surface area contributed by atoms with E-state index in [9.17, 15) is 0 Å². The lowest BCUT2D eigenvalue weighted by Crippen LogP contribution is -2.41. The molecule has 0 amide bonds. The number of hydrogen-bond donors (Lipinski definition) is 1. The minimum atomic E-state index is -0.508. The van der Waals surface area contributed by atoms with Crippen LogP contribution in [0, 0.1) is 0 Å². The van der Waals surface area contributed by atoms with Crippen LogP contribution in [0.3, 0.4) is 0 Å². The summed E-state index contributed by atoms with van der Waals surface area (Å²) in [6, 6.07) is 3.81.